The molecule has 3 aromatic heterocycles. The number of pyridine rings is 2. The second-order valence-corrected chi connectivity index (χ2v) is 5.15. The van der Waals surface area contributed by atoms with Crippen molar-refractivity contribution in [2.45, 2.75) is 6.92 Å². The smallest absolute Gasteiger partial charge is 0.450 e. The molecule has 0 fully saturated rings. The van der Waals surface area contributed by atoms with Crippen LogP contribution in [0.2, 0.25) is 0 Å². The van der Waals surface area contributed by atoms with E-state index in [0.717, 1.165) is 11.7 Å². The Morgan fingerprint density at radius 1 is 1.28 bits per heavy atom. The number of hydrogen-bond donors (Lipinski definition) is 1. The molecule has 0 aliphatic rings. The number of rotatable bonds is 4. The molecule has 0 aromatic carbocycles. The molecule has 0 unspecified atom stereocenters. The molecule has 9 heteroatoms. The molecule has 3 aromatic rings. The molecule has 0 bridgehead atoms. The van der Waals surface area contributed by atoms with Crippen LogP contribution in [0.1, 0.15) is 6.92 Å². The fourth-order valence-corrected chi connectivity index (χ4v) is 2.55. The van der Waals surface area contributed by atoms with Gasteiger partial charge in [-0.1, -0.05) is 0 Å². The van der Waals surface area contributed by atoms with E-state index >= 15 is 0 Å². The quantitative estimate of drug-likeness (QED) is 0.779. The topological polar surface area (TPSA) is 78.3 Å². The molecule has 3 rings (SSSR count). The molecule has 0 saturated heterocycles. The molecular formula is C16H14F2N4O3. The molecule has 130 valence electrons. The van der Waals surface area contributed by atoms with Gasteiger partial charge in [0.05, 0.1) is 35.8 Å². The average molecular weight is 348 g/mol. The first-order valence-corrected chi connectivity index (χ1v) is 7.37. The predicted octanol–water partition coefficient (Wildman–Crippen LogP) is 3.61. The molecular weight excluding hydrogens is 334 g/mol. The van der Waals surface area contributed by atoms with Gasteiger partial charge in [0.25, 0.3) is 0 Å². The van der Waals surface area contributed by atoms with E-state index in [1.807, 2.05) is 6.92 Å². The van der Waals surface area contributed by atoms with Crippen LogP contribution in [0.4, 0.5) is 19.5 Å². The van der Waals surface area contributed by atoms with Crippen LogP contribution >= 0.6 is 0 Å². The summed E-state index contributed by atoms with van der Waals surface area (Å²) in [4.78, 5) is 22.0. The Labute approximate surface area is 141 Å². The van der Waals surface area contributed by atoms with Gasteiger partial charge in [0.15, 0.2) is 0 Å². The van der Waals surface area contributed by atoms with Crippen LogP contribution in [-0.2, 0) is 12.0 Å². The van der Waals surface area contributed by atoms with Gasteiger partial charge in [-0.15, -0.1) is 0 Å². The fraction of sp³-hybridized carbons (Fsp3) is 0.188. The number of nitrogens with zero attached hydrogens (tertiary/aromatic N) is 3. The maximum atomic E-state index is 13.7. The van der Waals surface area contributed by atoms with Gasteiger partial charge in [-0.05, 0) is 25.1 Å². The van der Waals surface area contributed by atoms with Gasteiger partial charge in [-0.25, -0.2) is 24.1 Å². The van der Waals surface area contributed by atoms with E-state index in [4.69, 9.17) is 4.74 Å². The number of fused-ring (bicyclic) bond motifs is 1. The molecule has 7 nitrogen and oxygen atoms in total. The summed E-state index contributed by atoms with van der Waals surface area (Å²) in [6, 6.07) is 4.64. The van der Waals surface area contributed by atoms with Crippen molar-refractivity contribution in [3.05, 3.63) is 36.4 Å². The van der Waals surface area contributed by atoms with Gasteiger partial charge < -0.3 is 9.30 Å². The second kappa shape index (κ2) is 6.71. The van der Waals surface area contributed by atoms with Crippen LogP contribution in [0.25, 0.3) is 22.2 Å². The number of aryl methyl sites for hydroxylation is 1. The standard InChI is InChI=1S/C16H14F2N4O3/c1-3-24-15-11(6-10(17)7-20-15)12-4-9-5-14(21-16(23)25-18)19-8-13(9)22(12)2/h4-8H,3H2,1-2H3,(H,19,21,23). The molecule has 0 radical (unpaired) electrons. The SMILES string of the molecule is CCOc1ncc(F)cc1-c1cc2cc(NC(=O)OF)ncc2n1C. The number of carbonyl (C=O) groups is 1. The van der Waals surface area contributed by atoms with Gasteiger partial charge in [-0.3, -0.25) is 5.32 Å². The van der Waals surface area contributed by atoms with Crippen LogP contribution in [0.15, 0.2) is 30.6 Å². The molecule has 0 spiro atoms. The van der Waals surface area contributed by atoms with Crippen molar-refractivity contribution in [3.63, 3.8) is 0 Å². The van der Waals surface area contributed by atoms with Crippen molar-refractivity contribution < 1.29 is 23.4 Å². The third-order valence-corrected chi connectivity index (χ3v) is 3.60. The summed E-state index contributed by atoms with van der Waals surface area (Å²) in [5.41, 5.74) is 1.86. The van der Waals surface area contributed by atoms with E-state index in [1.165, 1.54) is 12.3 Å². The van der Waals surface area contributed by atoms with E-state index in [1.54, 1.807) is 23.7 Å². The Balaban J connectivity index is 2.10. The predicted molar refractivity (Wildman–Crippen MR) is 86.3 cm³/mol. The number of hydrogen-bond acceptors (Lipinski definition) is 5. The molecule has 0 aliphatic heterocycles. The number of ether oxygens (including phenoxy) is 1. The maximum Gasteiger partial charge on any atom is 0.450 e. The van der Waals surface area contributed by atoms with Gasteiger partial charge >= 0.3 is 6.09 Å². The minimum Gasteiger partial charge on any atom is -0.477 e. The molecule has 3 heterocycles. The summed E-state index contributed by atoms with van der Waals surface area (Å²) in [6.45, 7) is 2.19. The first-order valence-electron chi connectivity index (χ1n) is 7.37. The third kappa shape index (κ3) is 3.21. The van der Waals surface area contributed by atoms with Crippen molar-refractivity contribution in [1.29, 1.82) is 0 Å². The lowest BCUT2D eigenvalue weighted by molar-refractivity contribution is -0.0544. The lowest BCUT2D eigenvalue weighted by atomic mass is 10.2. The van der Waals surface area contributed by atoms with Crippen LogP contribution < -0.4 is 10.1 Å². The molecule has 25 heavy (non-hydrogen) atoms. The third-order valence-electron chi connectivity index (χ3n) is 3.60. The molecule has 0 saturated carbocycles. The maximum absolute atomic E-state index is 13.7. The molecule has 0 aliphatic carbocycles. The zero-order chi connectivity index (χ0) is 18.0. The summed E-state index contributed by atoms with van der Waals surface area (Å²) in [6.07, 6.45) is 1.32. The zero-order valence-electron chi connectivity index (χ0n) is 13.4. The number of amides is 1. The number of halogens is 2. The molecule has 1 N–H and O–H groups in total. The lowest BCUT2D eigenvalue weighted by Gasteiger charge is -2.10. The highest BCUT2D eigenvalue weighted by molar-refractivity contribution is 5.91. The number of carbonyl (C=O) groups excluding carboxylic acids is 1. The minimum absolute atomic E-state index is 0.120. The van der Waals surface area contributed by atoms with E-state index in [0.29, 0.717) is 29.1 Å². The van der Waals surface area contributed by atoms with Crippen molar-refractivity contribution in [2.24, 2.45) is 7.05 Å². The monoisotopic (exact) mass is 348 g/mol. The Morgan fingerprint density at radius 3 is 2.80 bits per heavy atom. The summed E-state index contributed by atoms with van der Waals surface area (Å²) >= 11 is 0. The van der Waals surface area contributed by atoms with Gasteiger partial charge in [0.2, 0.25) is 5.88 Å². The van der Waals surface area contributed by atoms with Gasteiger partial charge in [0, 0.05) is 17.0 Å². The van der Waals surface area contributed by atoms with Crippen molar-refractivity contribution in [2.75, 3.05) is 11.9 Å². The normalized spacial score (nSPS) is 10.7. The summed E-state index contributed by atoms with van der Waals surface area (Å²) in [5.74, 6) is -0.0632. The number of anilines is 1. The van der Waals surface area contributed by atoms with E-state index < -0.39 is 11.9 Å². The van der Waals surface area contributed by atoms with Crippen LogP contribution in [0, 0.1) is 5.82 Å². The van der Waals surface area contributed by atoms with Crippen molar-refractivity contribution in [1.82, 2.24) is 14.5 Å². The highest BCUT2D eigenvalue weighted by atomic mass is 19.3. The van der Waals surface area contributed by atoms with Crippen LogP contribution in [0.5, 0.6) is 5.88 Å². The van der Waals surface area contributed by atoms with Gasteiger partial charge in [-0.2, -0.15) is 0 Å². The highest BCUT2D eigenvalue weighted by Gasteiger charge is 2.16. The molecule has 0 atom stereocenters. The van der Waals surface area contributed by atoms with E-state index in [2.05, 4.69) is 20.2 Å². The van der Waals surface area contributed by atoms with Crippen LogP contribution in [0.3, 0.4) is 0 Å². The van der Waals surface area contributed by atoms with Gasteiger partial charge in [0.1, 0.15) is 11.6 Å². The van der Waals surface area contributed by atoms with E-state index in [9.17, 15) is 13.7 Å². The molecule has 1 amide bonds. The zero-order valence-corrected chi connectivity index (χ0v) is 13.4. The van der Waals surface area contributed by atoms with Crippen molar-refractivity contribution in [3.8, 4) is 17.1 Å². The largest absolute Gasteiger partial charge is 0.477 e. The Morgan fingerprint density at radius 2 is 2.08 bits per heavy atom. The van der Waals surface area contributed by atoms with Crippen molar-refractivity contribution >= 4 is 22.8 Å². The van der Waals surface area contributed by atoms with Crippen LogP contribution in [-0.4, -0.2) is 27.2 Å². The Kier molecular flexibility index (Phi) is 4.46. The Hall–Kier alpha value is -3.23. The number of nitrogens with one attached hydrogen (secondary N) is 1. The fourth-order valence-electron chi connectivity index (χ4n) is 2.55. The number of aromatic nitrogens is 3. The summed E-state index contributed by atoms with van der Waals surface area (Å²) in [5, 5.41) is 2.84. The van der Waals surface area contributed by atoms with E-state index in [-0.39, 0.29) is 5.82 Å². The first kappa shape index (κ1) is 16.6. The second-order valence-electron chi connectivity index (χ2n) is 5.15. The highest BCUT2D eigenvalue weighted by Crippen LogP contribution is 2.33. The average Bonchev–Trinajstić information content (AvgIpc) is 2.92. The first-order chi connectivity index (χ1) is 12.0. The summed E-state index contributed by atoms with van der Waals surface area (Å²) < 4.78 is 32.8. The Bertz CT molecular complexity index is 943. The lowest BCUT2D eigenvalue weighted by Crippen LogP contribution is -2.10. The summed E-state index contributed by atoms with van der Waals surface area (Å²) in [7, 11) is 1.78. The minimum atomic E-state index is -1.27.